The normalized spacial score (nSPS) is 25.4. The van der Waals surface area contributed by atoms with E-state index in [0.717, 1.165) is 41.1 Å². The molecule has 0 saturated carbocycles. The van der Waals surface area contributed by atoms with Gasteiger partial charge in [-0.2, -0.15) is 0 Å². The van der Waals surface area contributed by atoms with E-state index in [1.165, 1.54) is 5.56 Å². The van der Waals surface area contributed by atoms with Crippen LogP contribution < -0.4 is 21.5 Å². The van der Waals surface area contributed by atoms with Gasteiger partial charge in [-0.3, -0.25) is 5.73 Å². The third-order valence-corrected chi connectivity index (χ3v) is 4.87. The molecule has 23 heavy (non-hydrogen) atoms. The molecule has 2 unspecified atom stereocenters. The molecule has 120 valence electrons. The van der Waals surface area contributed by atoms with Crippen LogP contribution in [0.4, 0.5) is 11.4 Å². The summed E-state index contributed by atoms with van der Waals surface area (Å²) in [5, 5.41) is 3.38. The summed E-state index contributed by atoms with van der Waals surface area (Å²) in [6.45, 7) is 0.449. The molecule has 1 aliphatic heterocycles. The lowest BCUT2D eigenvalue weighted by molar-refractivity contribution is -0.0578. The van der Waals surface area contributed by atoms with E-state index < -0.39 is 5.85 Å². The molecule has 0 amide bonds. The van der Waals surface area contributed by atoms with Gasteiger partial charge in [0.15, 0.2) is 5.85 Å². The van der Waals surface area contributed by atoms with Crippen molar-refractivity contribution in [3.63, 3.8) is 0 Å². The maximum absolute atomic E-state index is 6.64. The van der Waals surface area contributed by atoms with Crippen LogP contribution in [0.15, 0.2) is 36.4 Å². The smallest absolute Gasteiger partial charge is 0.200 e. The van der Waals surface area contributed by atoms with Gasteiger partial charge in [-0.15, -0.1) is 0 Å². The maximum atomic E-state index is 6.64. The van der Waals surface area contributed by atoms with E-state index in [0.29, 0.717) is 6.61 Å². The summed E-state index contributed by atoms with van der Waals surface area (Å²) in [6, 6.07) is 11.9. The summed E-state index contributed by atoms with van der Waals surface area (Å²) in [7, 11) is 1.70. The third kappa shape index (κ3) is 2.24. The lowest BCUT2D eigenvalue weighted by Gasteiger charge is -2.41. The van der Waals surface area contributed by atoms with E-state index in [4.69, 9.17) is 20.9 Å². The predicted octanol–water partition coefficient (Wildman–Crippen LogP) is 2.56. The molecular formula is C18H21N3O2. The summed E-state index contributed by atoms with van der Waals surface area (Å²) in [5.41, 5.74) is 17.7. The van der Waals surface area contributed by atoms with Crippen LogP contribution in [0.25, 0.3) is 0 Å². The van der Waals surface area contributed by atoms with Crippen LogP contribution in [0.5, 0.6) is 5.75 Å². The minimum Gasteiger partial charge on any atom is -0.496 e. The highest BCUT2D eigenvalue weighted by molar-refractivity contribution is 5.61. The Kier molecular flexibility index (Phi) is 3.21. The number of benzene rings is 2. The molecular weight excluding hydrogens is 290 g/mol. The second-order valence-corrected chi connectivity index (χ2v) is 6.25. The van der Waals surface area contributed by atoms with E-state index >= 15 is 0 Å². The molecule has 0 aromatic heterocycles. The van der Waals surface area contributed by atoms with Crippen LogP contribution >= 0.6 is 0 Å². The molecule has 0 saturated heterocycles. The van der Waals surface area contributed by atoms with E-state index in [1.54, 1.807) is 7.11 Å². The van der Waals surface area contributed by atoms with Gasteiger partial charge < -0.3 is 20.5 Å². The number of nitrogens with two attached hydrogens (primary N) is 2. The zero-order valence-corrected chi connectivity index (χ0v) is 13.1. The highest BCUT2D eigenvalue weighted by atomic mass is 16.5. The maximum Gasteiger partial charge on any atom is 0.200 e. The number of aryl methyl sites for hydroxylation is 1. The van der Waals surface area contributed by atoms with E-state index in [1.807, 2.05) is 30.3 Å². The van der Waals surface area contributed by atoms with Crippen molar-refractivity contribution in [3.05, 3.63) is 53.1 Å². The molecule has 2 aliphatic rings. The first-order valence-corrected chi connectivity index (χ1v) is 7.86. The van der Waals surface area contributed by atoms with Gasteiger partial charge in [0.2, 0.25) is 0 Å². The Morgan fingerprint density at radius 2 is 2.13 bits per heavy atom. The van der Waals surface area contributed by atoms with Gasteiger partial charge >= 0.3 is 0 Å². The Morgan fingerprint density at radius 1 is 1.26 bits per heavy atom. The molecule has 5 heteroatoms. The van der Waals surface area contributed by atoms with Gasteiger partial charge in [-0.05, 0) is 42.7 Å². The van der Waals surface area contributed by atoms with Crippen molar-refractivity contribution in [2.45, 2.75) is 31.2 Å². The minimum atomic E-state index is -0.941. The molecule has 1 heterocycles. The van der Waals surface area contributed by atoms with Crippen LogP contribution in [0.3, 0.4) is 0 Å². The van der Waals surface area contributed by atoms with Crippen LogP contribution in [-0.2, 0) is 17.8 Å². The first kappa shape index (κ1) is 14.4. The standard InChI is InChI=1S/C18H21N3O2/c1-22-16-4-2-3-11-5-7-14(17(11)16)18(20)21-15-8-6-13(19)9-12(15)10-23-18/h2-4,6,8-9,14,21H,5,7,10,19-20H2,1H3. The van der Waals surface area contributed by atoms with Gasteiger partial charge in [-0.25, -0.2) is 0 Å². The number of rotatable bonds is 2. The van der Waals surface area contributed by atoms with Crippen LogP contribution in [0.1, 0.15) is 29.0 Å². The van der Waals surface area contributed by atoms with E-state index in [9.17, 15) is 0 Å². The van der Waals surface area contributed by atoms with Crippen molar-refractivity contribution in [2.75, 3.05) is 18.2 Å². The molecule has 1 aliphatic carbocycles. The molecule has 2 atom stereocenters. The number of fused-ring (bicyclic) bond motifs is 2. The zero-order valence-electron chi connectivity index (χ0n) is 13.1. The molecule has 4 rings (SSSR count). The molecule has 5 N–H and O–H groups in total. The molecule has 0 fully saturated rings. The zero-order chi connectivity index (χ0) is 16.0. The molecule has 0 spiro atoms. The quantitative estimate of drug-likeness (QED) is 0.743. The molecule has 0 bridgehead atoms. The number of nitrogen functional groups attached to an aromatic ring is 1. The lowest BCUT2D eigenvalue weighted by Crippen LogP contribution is -2.56. The number of anilines is 2. The predicted molar refractivity (Wildman–Crippen MR) is 90.2 cm³/mol. The van der Waals surface area contributed by atoms with Crippen molar-refractivity contribution in [1.29, 1.82) is 0 Å². The summed E-state index contributed by atoms with van der Waals surface area (Å²) in [5.74, 6) is -0.0223. The highest BCUT2D eigenvalue weighted by Gasteiger charge is 2.44. The van der Waals surface area contributed by atoms with Gasteiger partial charge in [0.05, 0.1) is 19.6 Å². The first-order chi connectivity index (χ1) is 11.1. The van der Waals surface area contributed by atoms with Crippen LogP contribution in [0, 0.1) is 0 Å². The second kappa shape index (κ2) is 5.15. The number of hydrogen-bond acceptors (Lipinski definition) is 5. The number of hydrogen-bond donors (Lipinski definition) is 3. The van der Waals surface area contributed by atoms with Gasteiger partial charge in [0, 0.05) is 22.5 Å². The largest absolute Gasteiger partial charge is 0.496 e. The number of methoxy groups -OCH3 is 1. The molecule has 2 aromatic carbocycles. The summed E-state index contributed by atoms with van der Waals surface area (Å²) in [4.78, 5) is 0. The summed E-state index contributed by atoms with van der Waals surface area (Å²) >= 11 is 0. The Balaban J connectivity index is 1.72. The minimum absolute atomic E-state index is 0.0411. The van der Waals surface area contributed by atoms with Crippen LogP contribution in [0.2, 0.25) is 0 Å². The van der Waals surface area contributed by atoms with Crippen molar-refractivity contribution in [3.8, 4) is 5.75 Å². The third-order valence-electron chi connectivity index (χ3n) is 4.87. The molecule has 5 nitrogen and oxygen atoms in total. The molecule has 2 aromatic rings. The number of ether oxygens (including phenoxy) is 2. The van der Waals surface area contributed by atoms with Crippen LogP contribution in [-0.4, -0.2) is 13.0 Å². The Labute approximate surface area is 135 Å². The topological polar surface area (TPSA) is 82.5 Å². The van der Waals surface area contributed by atoms with Gasteiger partial charge in [0.1, 0.15) is 5.75 Å². The van der Waals surface area contributed by atoms with Crippen molar-refractivity contribution < 1.29 is 9.47 Å². The summed E-state index contributed by atoms with van der Waals surface area (Å²) < 4.78 is 11.6. The highest BCUT2D eigenvalue weighted by Crippen LogP contribution is 2.46. The Morgan fingerprint density at radius 3 is 2.96 bits per heavy atom. The Hall–Kier alpha value is -2.24. The average molecular weight is 311 g/mol. The summed E-state index contributed by atoms with van der Waals surface area (Å²) in [6.07, 6.45) is 1.92. The van der Waals surface area contributed by atoms with E-state index in [2.05, 4.69) is 11.4 Å². The van der Waals surface area contributed by atoms with Gasteiger partial charge in [-0.1, -0.05) is 12.1 Å². The van der Waals surface area contributed by atoms with Gasteiger partial charge in [0.25, 0.3) is 0 Å². The first-order valence-electron chi connectivity index (χ1n) is 7.86. The van der Waals surface area contributed by atoms with Crippen molar-refractivity contribution in [1.82, 2.24) is 0 Å². The van der Waals surface area contributed by atoms with E-state index in [-0.39, 0.29) is 5.92 Å². The monoisotopic (exact) mass is 311 g/mol. The second-order valence-electron chi connectivity index (χ2n) is 6.25. The van der Waals surface area contributed by atoms with Crippen molar-refractivity contribution in [2.24, 2.45) is 5.73 Å². The fraction of sp³-hybridized carbons (Fsp3) is 0.333. The number of nitrogens with one attached hydrogen (secondary N) is 1. The fourth-order valence-corrected chi connectivity index (χ4v) is 3.74. The Bertz CT molecular complexity index is 762. The fourth-order valence-electron chi connectivity index (χ4n) is 3.74. The SMILES string of the molecule is COc1cccc2c1C(C1(N)Nc3ccc(N)cc3CO1)CC2. The van der Waals surface area contributed by atoms with Crippen molar-refractivity contribution >= 4 is 11.4 Å². The lowest BCUT2D eigenvalue weighted by atomic mass is 9.93. The molecule has 0 radical (unpaired) electrons. The average Bonchev–Trinajstić information content (AvgIpc) is 3.00.